The molecule has 25 heavy (non-hydrogen) atoms. The molecule has 8 nitrogen and oxygen atoms in total. The Balaban J connectivity index is 1.83. The van der Waals surface area contributed by atoms with Gasteiger partial charge in [0.05, 0.1) is 11.5 Å². The molecule has 0 aliphatic carbocycles. The molecular weight excluding hydrogens is 328 g/mol. The number of nitrogens with one attached hydrogen (secondary N) is 1. The molecule has 0 bridgehead atoms. The second-order valence-electron chi connectivity index (χ2n) is 4.96. The number of carbonyl (C=O) groups excluding carboxylic acids is 1. The van der Waals surface area contributed by atoms with Crippen LogP contribution >= 0.6 is 0 Å². The summed E-state index contributed by atoms with van der Waals surface area (Å²) in [5, 5.41) is 13.3. The summed E-state index contributed by atoms with van der Waals surface area (Å²) in [6.07, 6.45) is 0. The fourth-order valence-corrected chi connectivity index (χ4v) is 1.92. The number of anilines is 1. The van der Waals surface area contributed by atoms with Crippen LogP contribution in [0.5, 0.6) is 11.5 Å². The molecule has 0 saturated carbocycles. The Hall–Kier alpha value is -3.13. The summed E-state index contributed by atoms with van der Waals surface area (Å²) >= 11 is 0. The maximum Gasteiger partial charge on any atom is 0.269 e. The van der Waals surface area contributed by atoms with Crippen molar-refractivity contribution < 1.29 is 23.9 Å². The van der Waals surface area contributed by atoms with Gasteiger partial charge in [-0.2, -0.15) is 0 Å². The highest BCUT2D eigenvalue weighted by Crippen LogP contribution is 2.19. The van der Waals surface area contributed by atoms with Crippen LogP contribution in [0.2, 0.25) is 0 Å². The first kappa shape index (κ1) is 18.2. The van der Waals surface area contributed by atoms with Crippen molar-refractivity contribution >= 4 is 17.3 Å². The van der Waals surface area contributed by atoms with Gasteiger partial charge in [0.1, 0.15) is 18.1 Å². The molecule has 0 spiro atoms. The summed E-state index contributed by atoms with van der Waals surface area (Å²) in [5.41, 5.74) is 0.536. The minimum Gasteiger partial charge on any atom is -0.491 e. The van der Waals surface area contributed by atoms with Gasteiger partial charge in [0.15, 0.2) is 6.61 Å². The Morgan fingerprint density at radius 2 is 1.84 bits per heavy atom. The van der Waals surface area contributed by atoms with E-state index in [9.17, 15) is 14.9 Å². The van der Waals surface area contributed by atoms with E-state index in [0.29, 0.717) is 30.4 Å². The monoisotopic (exact) mass is 346 g/mol. The Bertz CT molecular complexity index is 717. The molecule has 2 aromatic rings. The fraction of sp³-hybridized carbons (Fsp3) is 0.235. The van der Waals surface area contributed by atoms with E-state index in [0.717, 1.165) is 0 Å². The summed E-state index contributed by atoms with van der Waals surface area (Å²) in [7, 11) is 1.59. The highest BCUT2D eigenvalue weighted by molar-refractivity contribution is 5.92. The molecule has 2 aromatic carbocycles. The number of carbonyl (C=O) groups is 1. The topological polar surface area (TPSA) is 99.9 Å². The number of nitrogens with zero attached hydrogens (tertiary/aromatic N) is 1. The maximum atomic E-state index is 11.9. The highest BCUT2D eigenvalue weighted by atomic mass is 16.6. The summed E-state index contributed by atoms with van der Waals surface area (Å²) in [6, 6.07) is 12.5. The van der Waals surface area contributed by atoms with Crippen molar-refractivity contribution in [1.29, 1.82) is 0 Å². The minimum atomic E-state index is -0.502. The number of non-ortho nitro benzene ring substituents is 1. The van der Waals surface area contributed by atoms with Gasteiger partial charge in [0, 0.05) is 31.0 Å². The third-order valence-electron chi connectivity index (χ3n) is 3.09. The van der Waals surface area contributed by atoms with Gasteiger partial charge in [0.2, 0.25) is 0 Å². The summed E-state index contributed by atoms with van der Waals surface area (Å²) in [4.78, 5) is 22.0. The van der Waals surface area contributed by atoms with Crippen molar-refractivity contribution in [2.45, 2.75) is 0 Å². The first-order valence-electron chi connectivity index (χ1n) is 7.47. The zero-order valence-corrected chi connectivity index (χ0v) is 13.6. The van der Waals surface area contributed by atoms with Crippen LogP contribution in [0.4, 0.5) is 11.4 Å². The predicted molar refractivity (Wildman–Crippen MR) is 91.0 cm³/mol. The smallest absolute Gasteiger partial charge is 0.269 e. The van der Waals surface area contributed by atoms with Gasteiger partial charge < -0.3 is 19.5 Å². The number of nitro groups is 1. The second kappa shape index (κ2) is 9.24. The zero-order valence-electron chi connectivity index (χ0n) is 13.6. The van der Waals surface area contributed by atoms with Crippen LogP contribution in [0.25, 0.3) is 0 Å². The Kier molecular flexibility index (Phi) is 6.73. The molecule has 0 aromatic heterocycles. The van der Waals surface area contributed by atoms with E-state index in [1.807, 2.05) is 0 Å². The molecule has 0 aliphatic rings. The maximum absolute atomic E-state index is 11.9. The van der Waals surface area contributed by atoms with Crippen LogP contribution in [0.15, 0.2) is 48.5 Å². The van der Waals surface area contributed by atoms with E-state index in [-0.39, 0.29) is 18.2 Å². The van der Waals surface area contributed by atoms with Crippen molar-refractivity contribution in [3.05, 3.63) is 58.6 Å². The Labute approximate surface area is 144 Å². The van der Waals surface area contributed by atoms with Crippen LogP contribution in [-0.2, 0) is 9.53 Å². The van der Waals surface area contributed by atoms with Gasteiger partial charge in [-0.3, -0.25) is 14.9 Å². The molecule has 1 amide bonds. The molecule has 0 fully saturated rings. The molecular formula is C17H18N2O6. The lowest BCUT2D eigenvalue weighted by Gasteiger charge is -2.10. The van der Waals surface area contributed by atoms with E-state index in [2.05, 4.69) is 5.32 Å². The van der Waals surface area contributed by atoms with Gasteiger partial charge in [-0.25, -0.2) is 0 Å². The zero-order chi connectivity index (χ0) is 18.1. The van der Waals surface area contributed by atoms with Crippen molar-refractivity contribution in [2.75, 3.05) is 32.2 Å². The van der Waals surface area contributed by atoms with Crippen molar-refractivity contribution in [1.82, 2.24) is 0 Å². The first-order valence-corrected chi connectivity index (χ1v) is 7.47. The molecule has 1 N–H and O–H groups in total. The number of amides is 1. The molecule has 0 atom stereocenters. The molecule has 8 heteroatoms. The van der Waals surface area contributed by atoms with Crippen molar-refractivity contribution in [3.8, 4) is 11.5 Å². The second-order valence-corrected chi connectivity index (χ2v) is 4.96. The third kappa shape index (κ3) is 6.11. The standard InChI is InChI=1S/C17H18N2O6/c1-23-9-10-24-16-4-2-3-13(11-16)18-17(20)12-25-15-7-5-14(6-8-15)19(21)22/h2-8,11H,9-10,12H2,1H3,(H,18,20). The van der Waals surface area contributed by atoms with Gasteiger partial charge in [-0.15, -0.1) is 0 Å². The number of methoxy groups -OCH3 is 1. The van der Waals surface area contributed by atoms with Crippen molar-refractivity contribution in [3.63, 3.8) is 0 Å². The SMILES string of the molecule is COCCOc1cccc(NC(=O)COc2ccc([N+](=O)[O-])cc2)c1. The quantitative estimate of drug-likeness (QED) is 0.426. The van der Waals surface area contributed by atoms with Crippen molar-refractivity contribution in [2.24, 2.45) is 0 Å². The average Bonchev–Trinajstić information content (AvgIpc) is 2.61. The van der Waals surface area contributed by atoms with Crippen LogP contribution in [0, 0.1) is 10.1 Å². The molecule has 0 radical (unpaired) electrons. The van der Waals surface area contributed by atoms with E-state index in [4.69, 9.17) is 14.2 Å². The normalized spacial score (nSPS) is 10.1. The fourth-order valence-electron chi connectivity index (χ4n) is 1.92. The van der Waals surface area contributed by atoms with Gasteiger partial charge in [-0.05, 0) is 24.3 Å². The lowest BCUT2D eigenvalue weighted by Crippen LogP contribution is -2.20. The van der Waals surface area contributed by atoms with Gasteiger partial charge in [-0.1, -0.05) is 6.07 Å². The Morgan fingerprint density at radius 3 is 2.52 bits per heavy atom. The summed E-state index contributed by atoms with van der Waals surface area (Å²) < 4.78 is 15.7. The lowest BCUT2D eigenvalue weighted by molar-refractivity contribution is -0.384. The van der Waals surface area contributed by atoms with E-state index < -0.39 is 4.92 Å². The molecule has 0 saturated heterocycles. The number of hydrogen-bond acceptors (Lipinski definition) is 6. The molecule has 0 heterocycles. The number of ether oxygens (including phenoxy) is 3. The average molecular weight is 346 g/mol. The number of benzene rings is 2. The van der Waals surface area contributed by atoms with Crippen LogP contribution in [-0.4, -0.2) is 37.8 Å². The highest BCUT2D eigenvalue weighted by Gasteiger charge is 2.07. The van der Waals surface area contributed by atoms with Crippen LogP contribution in [0.3, 0.4) is 0 Å². The molecule has 132 valence electrons. The molecule has 2 rings (SSSR count). The predicted octanol–water partition coefficient (Wildman–Crippen LogP) is 2.64. The van der Waals surface area contributed by atoms with E-state index in [1.165, 1.54) is 24.3 Å². The number of nitro benzene ring substituents is 1. The summed E-state index contributed by atoms with van der Waals surface area (Å²) in [6.45, 7) is 0.670. The molecule has 0 aliphatic heterocycles. The third-order valence-corrected chi connectivity index (χ3v) is 3.09. The molecule has 0 unspecified atom stereocenters. The largest absolute Gasteiger partial charge is 0.491 e. The van der Waals surface area contributed by atoms with Crippen LogP contribution in [0.1, 0.15) is 0 Å². The minimum absolute atomic E-state index is 0.0397. The summed E-state index contributed by atoms with van der Waals surface area (Å²) in [5.74, 6) is 0.635. The number of hydrogen-bond donors (Lipinski definition) is 1. The van der Waals surface area contributed by atoms with Crippen LogP contribution < -0.4 is 14.8 Å². The van der Waals surface area contributed by atoms with Gasteiger partial charge in [0.25, 0.3) is 11.6 Å². The van der Waals surface area contributed by atoms with E-state index >= 15 is 0 Å². The van der Waals surface area contributed by atoms with Gasteiger partial charge >= 0.3 is 0 Å². The van der Waals surface area contributed by atoms with E-state index in [1.54, 1.807) is 31.4 Å². The Morgan fingerprint density at radius 1 is 1.08 bits per heavy atom. The first-order chi connectivity index (χ1) is 12.1. The number of rotatable bonds is 9. The lowest BCUT2D eigenvalue weighted by atomic mass is 10.3.